The first kappa shape index (κ1) is 21.6. The van der Waals surface area contributed by atoms with Crippen LogP contribution in [0.4, 0.5) is 0 Å². The predicted molar refractivity (Wildman–Crippen MR) is 123 cm³/mol. The third-order valence-corrected chi connectivity index (χ3v) is 7.27. The summed E-state index contributed by atoms with van der Waals surface area (Å²) in [5, 5.41) is 3.17. The van der Waals surface area contributed by atoms with Crippen molar-refractivity contribution in [2.24, 2.45) is 5.92 Å². The quantitative estimate of drug-likeness (QED) is 0.700. The molecule has 4 rings (SSSR count). The van der Waals surface area contributed by atoms with Crippen molar-refractivity contribution < 1.29 is 9.59 Å². The van der Waals surface area contributed by atoms with Crippen molar-refractivity contribution in [3.8, 4) is 0 Å². The van der Waals surface area contributed by atoms with Crippen LogP contribution >= 0.6 is 0 Å². The van der Waals surface area contributed by atoms with Crippen molar-refractivity contribution in [2.45, 2.75) is 63.3 Å². The van der Waals surface area contributed by atoms with Gasteiger partial charge in [0.1, 0.15) is 0 Å². The lowest BCUT2D eigenvalue weighted by Gasteiger charge is -2.41. The summed E-state index contributed by atoms with van der Waals surface area (Å²) in [6.07, 6.45) is 8.23. The van der Waals surface area contributed by atoms with E-state index < -0.39 is 5.41 Å². The molecule has 1 N–H and O–H groups in total. The Morgan fingerprint density at radius 1 is 0.903 bits per heavy atom. The highest BCUT2D eigenvalue weighted by atomic mass is 16.2. The zero-order valence-corrected chi connectivity index (χ0v) is 18.4. The van der Waals surface area contributed by atoms with Gasteiger partial charge in [-0.25, -0.2) is 0 Å². The van der Waals surface area contributed by atoms with Crippen molar-refractivity contribution in [1.82, 2.24) is 10.2 Å². The van der Waals surface area contributed by atoms with E-state index in [9.17, 15) is 9.59 Å². The molecule has 0 unspecified atom stereocenters. The van der Waals surface area contributed by atoms with Gasteiger partial charge in [-0.05, 0) is 36.3 Å². The molecule has 0 spiro atoms. The molecular formula is C27H34N2O2. The number of amides is 2. The normalized spacial score (nSPS) is 18.6. The molecule has 2 amide bonds. The number of carbonyl (C=O) groups excluding carboxylic acids is 2. The van der Waals surface area contributed by atoms with Gasteiger partial charge in [0.25, 0.3) is 0 Å². The van der Waals surface area contributed by atoms with E-state index in [0.717, 1.165) is 23.5 Å². The molecule has 0 atom stereocenters. The number of hydrogen-bond donors (Lipinski definition) is 1. The number of nitrogens with zero attached hydrogens (tertiary/aromatic N) is 1. The summed E-state index contributed by atoms with van der Waals surface area (Å²) in [4.78, 5) is 28.3. The number of piperidine rings is 1. The summed E-state index contributed by atoms with van der Waals surface area (Å²) < 4.78 is 0. The van der Waals surface area contributed by atoms with Gasteiger partial charge in [0.15, 0.2) is 0 Å². The maximum absolute atomic E-state index is 13.5. The van der Waals surface area contributed by atoms with Gasteiger partial charge in [-0.3, -0.25) is 9.59 Å². The van der Waals surface area contributed by atoms with E-state index in [2.05, 4.69) is 17.4 Å². The Labute approximate surface area is 186 Å². The van der Waals surface area contributed by atoms with Gasteiger partial charge in [0.2, 0.25) is 11.8 Å². The Hall–Kier alpha value is -2.62. The fourth-order valence-electron chi connectivity index (χ4n) is 5.27. The molecule has 1 heterocycles. The molecule has 2 aromatic rings. The average molecular weight is 419 g/mol. The van der Waals surface area contributed by atoms with Crippen molar-refractivity contribution in [1.29, 1.82) is 0 Å². The van der Waals surface area contributed by atoms with Crippen LogP contribution in [0.15, 0.2) is 60.7 Å². The highest BCUT2D eigenvalue weighted by Gasteiger charge is 2.43. The van der Waals surface area contributed by atoms with Gasteiger partial charge in [0, 0.05) is 26.1 Å². The van der Waals surface area contributed by atoms with E-state index in [1.54, 1.807) is 0 Å². The third kappa shape index (κ3) is 5.17. The Kier molecular flexibility index (Phi) is 7.06. The summed E-state index contributed by atoms with van der Waals surface area (Å²) in [7, 11) is 0. The molecule has 0 bridgehead atoms. The highest BCUT2D eigenvalue weighted by molar-refractivity contribution is 5.89. The molecule has 1 saturated heterocycles. The summed E-state index contributed by atoms with van der Waals surface area (Å²) in [6, 6.07) is 20.1. The lowest BCUT2D eigenvalue weighted by atomic mass is 9.72. The fraction of sp³-hybridized carbons (Fsp3) is 0.481. The first-order chi connectivity index (χ1) is 15.2. The molecule has 2 fully saturated rings. The van der Waals surface area contributed by atoms with Crippen molar-refractivity contribution >= 4 is 11.8 Å². The number of likely N-dealkylation sites (tertiary alicyclic amines) is 1. The molecule has 1 aliphatic heterocycles. The minimum atomic E-state index is -0.571. The van der Waals surface area contributed by atoms with Crippen LogP contribution in [0.5, 0.6) is 0 Å². The molecule has 4 heteroatoms. The second-order valence-electron chi connectivity index (χ2n) is 9.19. The van der Waals surface area contributed by atoms with Crippen LogP contribution in [-0.4, -0.2) is 29.8 Å². The standard InChI is InChI=1S/C27H34N2O2/c30-25(16-15-22-9-7-8-10-22)29-19-17-27(18-20-29,24-13-5-2-6-14-24)26(31)28-21-23-11-3-1-4-12-23/h1-6,11-14,22H,7-10,15-21H2,(H,28,31). The molecule has 0 radical (unpaired) electrons. The van der Waals surface area contributed by atoms with E-state index in [1.807, 2.05) is 53.4 Å². The Morgan fingerprint density at radius 3 is 2.16 bits per heavy atom. The zero-order chi connectivity index (χ0) is 21.5. The Bertz CT molecular complexity index is 851. The Balaban J connectivity index is 1.40. The minimum absolute atomic E-state index is 0.0700. The van der Waals surface area contributed by atoms with Crippen LogP contribution in [0.25, 0.3) is 0 Å². The van der Waals surface area contributed by atoms with Crippen LogP contribution in [-0.2, 0) is 21.5 Å². The summed E-state index contributed by atoms with van der Waals surface area (Å²) >= 11 is 0. The SMILES string of the molecule is O=C(CCC1CCCC1)N1CCC(C(=O)NCc2ccccc2)(c2ccccc2)CC1. The second-order valence-corrected chi connectivity index (χ2v) is 9.19. The largest absolute Gasteiger partial charge is 0.351 e. The number of hydrogen-bond acceptors (Lipinski definition) is 2. The average Bonchev–Trinajstić information content (AvgIpc) is 3.36. The number of rotatable bonds is 7. The number of nitrogens with one attached hydrogen (secondary N) is 1. The van der Waals surface area contributed by atoms with Gasteiger partial charge < -0.3 is 10.2 Å². The first-order valence-electron chi connectivity index (χ1n) is 11.8. The molecule has 4 nitrogen and oxygen atoms in total. The second kappa shape index (κ2) is 10.1. The van der Waals surface area contributed by atoms with Gasteiger partial charge in [-0.2, -0.15) is 0 Å². The number of benzene rings is 2. The third-order valence-electron chi connectivity index (χ3n) is 7.27. The van der Waals surface area contributed by atoms with Crippen LogP contribution in [0.1, 0.15) is 62.5 Å². The van der Waals surface area contributed by atoms with Gasteiger partial charge in [-0.15, -0.1) is 0 Å². The van der Waals surface area contributed by atoms with Crippen LogP contribution in [0, 0.1) is 5.92 Å². The maximum atomic E-state index is 13.5. The molecule has 31 heavy (non-hydrogen) atoms. The molecule has 164 valence electrons. The first-order valence-corrected chi connectivity index (χ1v) is 11.8. The summed E-state index contributed by atoms with van der Waals surface area (Å²) in [5.74, 6) is 1.07. The summed E-state index contributed by atoms with van der Waals surface area (Å²) in [5.41, 5.74) is 1.58. The molecule has 2 aliphatic rings. The molecule has 0 aromatic heterocycles. The van der Waals surface area contributed by atoms with Crippen molar-refractivity contribution in [2.75, 3.05) is 13.1 Å². The lowest BCUT2D eigenvalue weighted by molar-refractivity contribution is -0.137. The van der Waals surface area contributed by atoms with Crippen LogP contribution in [0.2, 0.25) is 0 Å². The molecule has 2 aromatic carbocycles. The lowest BCUT2D eigenvalue weighted by Crippen LogP contribution is -2.52. The maximum Gasteiger partial charge on any atom is 0.231 e. The van der Waals surface area contributed by atoms with Crippen LogP contribution < -0.4 is 5.32 Å². The van der Waals surface area contributed by atoms with Crippen molar-refractivity contribution in [3.05, 3.63) is 71.8 Å². The van der Waals surface area contributed by atoms with E-state index >= 15 is 0 Å². The van der Waals surface area contributed by atoms with Gasteiger partial charge in [0.05, 0.1) is 5.41 Å². The van der Waals surface area contributed by atoms with Gasteiger partial charge in [-0.1, -0.05) is 86.3 Å². The van der Waals surface area contributed by atoms with Crippen LogP contribution in [0.3, 0.4) is 0 Å². The number of carbonyl (C=O) groups is 2. The predicted octanol–water partition coefficient (Wildman–Crippen LogP) is 4.83. The minimum Gasteiger partial charge on any atom is -0.351 e. The molecule has 1 aliphatic carbocycles. The monoisotopic (exact) mass is 418 g/mol. The zero-order valence-electron chi connectivity index (χ0n) is 18.4. The van der Waals surface area contributed by atoms with Crippen molar-refractivity contribution in [3.63, 3.8) is 0 Å². The molecular weight excluding hydrogens is 384 g/mol. The fourth-order valence-corrected chi connectivity index (χ4v) is 5.27. The van der Waals surface area contributed by atoms with E-state index in [-0.39, 0.29) is 11.8 Å². The van der Waals surface area contributed by atoms with Gasteiger partial charge >= 0.3 is 0 Å². The topological polar surface area (TPSA) is 49.4 Å². The Morgan fingerprint density at radius 2 is 1.52 bits per heavy atom. The highest BCUT2D eigenvalue weighted by Crippen LogP contribution is 2.36. The van der Waals surface area contributed by atoms with E-state index in [0.29, 0.717) is 38.9 Å². The smallest absolute Gasteiger partial charge is 0.231 e. The molecule has 1 saturated carbocycles. The summed E-state index contributed by atoms with van der Waals surface area (Å²) in [6.45, 7) is 1.83. The van der Waals surface area contributed by atoms with E-state index in [4.69, 9.17) is 0 Å². The van der Waals surface area contributed by atoms with E-state index in [1.165, 1.54) is 25.7 Å².